The fourth-order valence-electron chi connectivity index (χ4n) is 1.73. The number of unbranched alkanes of at least 4 members (excludes halogenated alkanes) is 4. The average molecular weight is 239 g/mol. The van der Waals surface area contributed by atoms with E-state index in [1.54, 1.807) is 0 Å². The van der Waals surface area contributed by atoms with E-state index in [0.29, 0.717) is 0 Å². The van der Waals surface area contributed by atoms with E-state index in [1.165, 1.54) is 25.7 Å². The summed E-state index contributed by atoms with van der Waals surface area (Å²) in [6, 6.07) is 0.144. The van der Waals surface area contributed by atoms with Crippen LogP contribution in [0.2, 0.25) is 0 Å². The van der Waals surface area contributed by atoms with Crippen molar-refractivity contribution in [1.82, 2.24) is 10.1 Å². The third-order valence-corrected chi connectivity index (χ3v) is 2.97. The van der Waals surface area contributed by atoms with Gasteiger partial charge >= 0.3 is 0 Å². The van der Waals surface area contributed by atoms with Gasteiger partial charge in [-0.25, -0.2) is 0 Å². The zero-order valence-electron chi connectivity index (χ0n) is 11.1. The van der Waals surface area contributed by atoms with Crippen molar-refractivity contribution in [2.45, 2.75) is 71.3 Å². The summed E-state index contributed by atoms with van der Waals surface area (Å²) in [4.78, 5) is 4.36. The zero-order chi connectivity index (χ0) is 12.5. The molecule has 1 aromatic heterocycles. The molecule has 2 N–H and O–H groups in total. The van der Waals surface area contributed by atoms with Crippen LogP contribution in [0.5, 0.6) is 0 Å². The van der Waals surface area contributed by atoms with Crippen molar-refractivity contribution in [3.63, 3.8) is 0 Å². The minimum Gasteiger partial charge on any atom is -0.339 e. The SMILES string of the molecule is CCCCCCCc1nc(CC(N)CC)no1. The van der Waals surface area contributed by atoms with Crippen molar-refractivity contribution < 1.29 is 4.52 Å². The van der Waals surface area contributed by atoms with Crippen LogP contribution in [0.25, 0.3) is 0 Å². The molecule has 0 aromatic carbocycles. The highest BCUT2D eigenvalue weighted by Gasteiger charge is 2.09. The molecular weight excluding hydrogens is 214 g/mol. The Kier molecular flexibility index (Phi) is 6.86. The van der Waals surface area contributed by atoms with Gasteiger partial charge < -0.3 is 10.3 Å². The second-order valence-electron chi connectivity index (χ2n) is 4.64. The molecule has 0 radical (unpaired) electrons. The van der Waals surface area contributed by atoms with Gasteiger partial charge in [0.2, 0.25) is 5.89 Å². The van der Waals surface area contributed by atoms with E-state index >= 15 is 0 Å². The summed E-state index contributed by atoms with van der Waals surface area (Å²) < 4.78 is 5.20. The fraction of sp³-hybridized carbons (Fsp3) is 0.846. The summed E-state index contributed by atoms with van der Waals surface area (Å²) in [6.07, 6.45) is 8.86. The molecule has 17 heavy (non-hydrogen) atoms. The standard InChI is InChI=1S/C13H25N3O/c1-3-5-6-7-8-9-13-15-12(16-17-13)10-11(14)4-2/h11H,3-10,14H2,1-2H3. The number of hydrogen-bond donors (Lipinski definition) is 1. The first kappa shape index (κ1) is 14.2. The Bertz CT molecular complexity index is 299. The Labute approximate surface area is 104 Å². The van der Waals surface area contributed by atoms with Gasteiger partial charge in [-0.2, -0.15) is 4.98 Å². The molecule has 1 atom stereocenters. The maximum atomic E-state index is 5.85. The Hall–Kier alpha value is -0.900. The molecule has 1 heterocycles. The fourth-order valence-corrected chi connectivity index (χ4v) is 1.73. The molecule has 98 valence electrons. The summed E-state index contributed by atoms with van der Waals surface area (Å²) in [7, 11) is 0. The molecule has 0 aliphatic carbocycles. The zero-order valence-corrected chi connectivity index (χ0v) is 11.1. The van der Waals surface area contributed by atoms with Gasteiger partial charge in [0.25, 0.3) is 0 Å². The maximum Gasteiger partial charge on any atom is 0.226 e. The smallest absolute Gasteiger partial charge is 0.226 e. The molecule has 0 saturated carbocycles. The lowest BCUT2D eigenvalue weighted by molar-refractivity contribution is 0.367. The highest BCUT2D eigenvalue weighted by Crippen LogP contribution is 2.08. The van der Waals surface area contributed by atoms with Crippen LogP contribution in [-0.4, -0.2) is 16.2 Å². The lowest BCUT2D eigenvalue weighted by Crippen LogP contribution is -2.22. The summed E-state index contributed by atoms with van der Waals surface area (Å²) >= 11 is 0. The van der Waals surface area contributed by atoms with Crippen LogP contribution in [0.1, 0.15) is 64.1 Å². The van der Waals surface area contributed by atoms with Crippen LogP contribution in [0.4, 0.5) is 0 Å². The molecule has 1 rings (SSSR count). The van der Waals surface area contributed by atoms with E-state index in [9.17, 15) is 0 Å². The highest BCUT2D eigenvalue weighted by atomic mass is 16.5. The van der Waals surface area contributed by atoms with E-state index < -0.39 is 0 Å². The van der Waals surface area contributed by atoms with Gasteiger partial charge in [0.15, 0.2) is 5.82 Å². The van der Waals surface area contributed by atoms with E-state index in [4.69, 9.17) is 10.3 Å². The molecule has 1 aromatic rings. The monoisotopic (exact) mass is 239 g/mol. The van der Waals surface area contributed by atoms with Crippen molar-refractivity contribution in [1.29, 1.82) is 0 Å². The van der Waals surface area contributed by atoms with Gasteiger partial charge in [-0.15, -0.1) is 0 Å². The van der Waals surface area contributed by atoms with Crippen LogP contribution < -0.4 is 5.73 Å². The summed E-state index contributed by atoms with van der Waals surface area (Å²) in [5.41, 5.74) is 5.85. The largest absolute Gasteiger partial charge is 0.339 e. The van der Waals surface area contributed by atoms with E-state index in [2.05, 4.69) is 24.0 Å². The maximum absolute atomic E-state index is 5.85. The third-order valence-electron chi connectivity index (χ3n) is 2.97. The van der Waals surface area contributed by atoms with Crippen LogP contribution in [-0.2, 0) is 12.8 Å². The molecular formula is C13H25N3O. The molecule has 0 aliphatic heterocycles. The minimum atomic E-state index is 0.144. The van der Waals surface area contributed by atoms with Crippen molar-refractivity contribution in [2.24, 2.45) is 5.73 Å². The Morgan fingerprint density at radius 2 is 1.94 bits per heavy atom. The third kappa shape index (κ3) is 5.82. The summed E-state index contributed by atoms with van der Waals surface area (Å²) in [5, 5.41) is 3.95. The van der Waals surface area contributed by atoms with E-state index in [-0.39, 0.29) is 6.04 Å². The Morgan fingerprint density at radius 3 is 2.65 bits per heavy atom. The number of hydrogen-bond acceptors (Lipinski definition) is 4. The normalized spacial score (nSPS) is 12.9. The van der Waals surface area contributed by atoms with Gasteiger partial charge in [0.05, 0.1) is 0 Å². The van der Waals surface area contributed by atoms with Gasteiger partial charge in [-0.1, -0.05) is 44.7 Å². The Balaban J connectivity index is 2.21. The molecule has 4 heteroatoms. The number of nitrogens with two attached hydrogens (primary N) is 1. The van der Waals surface area contributed by atoms with Crippen LogP contribution in [0.3, 0.4) is 0 Å². The van der Waals surface area contributed by atoms with Crippen LogP contribution >= 0.6 is 0 Å². The molecule has 0 amide bonds. The lowest BCUT2D eigenvalue weighted by atomic mass is 10.1. The number of nitrogens with zero attached hydrogens (tertiary/aromatic N) is 2. The summed E-state index contributed by atoms with van der Waals surface area (Å²) in [6.45, 7) is 4.29. The van der Waals surface area contributed by atoms with Crippen molar-refractivity contribution in [3.8, 4) is 0 Å². The van der Waals surface area contributed by atoms with Gasteiger partial charge in [0.1, 0.15) is 0 Å². The second-order valence-corrected chi connectivity index (χ2v) is 4.64. The van der Waals surface area contributed by atoms with Crippen LogP contribution in [0.15, 0.2) is 4.52 Å². The first-order valence-corrected chi connectivity index (χ1v) is 6.83. The number of aryl methyl sites for hydroxylation is 1. The molecule has 0 spiro atoms. The molecule has 0 saturated heterocycles. The van der Waals surface area contributed by atoms with Crippen LogP contribution in [0, 0.1) is 0 Å². The first-order valence-electron chi connectivity index (χ1n) is 6.83. The number of rotatable bonds is 9. The average Bonchev–Trinajstić information content (AvgIpc) is 2.76. The Morgan fingerprint density at radius 1 is 1.18 bits per heavy atom. The van der Waals surface area contributed by atoms with Crippen molar-refractivity contribution in [3.05, 3.63) is 11.7 Å². The predicted molar refractivity (Wildman–Crippen MR) is 68.7 cm³/mol. The number of aromatic nitrogens is 2. The topological polar surface area (TPSA) is 64.9 Å². The second kappa shape index (κ2) is 8.23. The van der Waals surface area contributed by atoms with Crippen molar-refractivity contribution >= 4 is 0 Å². The lowest BCUT2D eigenvalue weighted by Gasteiger charge is -2.02. The molecule has 0 aliphatic rings. The molecule has 0 bridgehead atoms. The minimum absolute atomic E-state index is 0.144. The highest BCUT2D eigenvalue weighted by molar-refractivity contribution is 4.89. The molecule has 4 nitrogen and oxygen atoms in total. The van der Waals surface area contributed by atoms with Gasteiger partial charge in [-0.05, 0) is 12.8 Å². The quantitative estimate of drug-likeness (QED) is 0.673. The van der Waals surface area contributed by atoms with E-state index in [1.807, 2.05) is 0 Å². The van der Waals surface area contributed by atoms with Gasteiger partial charge in [-0.3, -0.25) is 0 Å². The predicted octanol–water partition coefficient (Wildman–Crippen LogP) is 2.86. The molecule has 0 fully saturated rings. The molecule has 1 unspecified atom stereocenters. The van der Waals surface area contributed by atoms with Crippen molar-refractivity contribution in [2.75, 3.05) is 0 Å². The van der Waals surface area contributed by atoms with Gasteiger partial charge in [0, 0.05) is 18.9 Å². The first-order chi connectivity index (χ1) is 8.26. The summed E-state index contributed by atoms with van der Waals surface area (Å²) in [5.74, 6) is 1.52. The van der Waals surface area contributed by atoms with E-state index in [0.717, 1.165) is 37.4 Å².